The summed E-state index contributed by atoms with van der Waals surface area (Å²) in [4.78, 5) is 24.1. The molecule has 1 aromatic heterocycles. The third-order valence-electron chi connectivity index (χ3n) is 3.26. The highest BCUT2D eigenvalue weighted by Gasteiger charge is 2.33. The molecule has 140 valence electrons. The van der Waals surface area contributed by atoms with E-state index in [1.54, 1.807) is 0 Å². The quantitative estimate of drug-likeness (QED) is 0.319. The molecule has 0 radical (unpaired) electrons. The van der Waals surface area contributed by atoms with Gasteiger partial charge in [0.05, 0.1) is 29.1 Å². The number of hydrogen-bond acceptors (Lipinski definition) is 4. The molecule has 4 nitrogen and oxygen atoms in total. The number of esters is 2. The Balaban J connectivity index is 2.85. The number of carbonyl (C=O) groups is 2. The summed E-state index contributed by atoms with van der Waals surface area (Å²) in [7, 11) is -2.68. The van der Waals surface area contributed by atoms with Crippen LogP contribution in [0.3, 0.4) is 0 Å². The van der Waals surface area contributed by atoms with Crippen molar-refractivity contribution in [2.75, 3.05) is 13.2 Å². The fourth-order valence-electron chi connectivity index (χ4n) is 2.20. The lowest BCUT2D eigenvalue weighted by molar-refractivity contribution is 0.0524. The molecule has 2 rings (SSSR count). The molecule has 0 N–H and O–H groups in total. The highest BCUT2D eigenvalue weighted by atomic mass is 31.1. The van der Waals surface area contributed by atoms with Crippen LogP contribution in [0.25, 0.3) is 5.30 Å². The molecule has 0 amide bonds. The molecule has 2 aromatic rings. The lowest BCUT2D eigenvalue weighted by Gasteiger charge is -2.12. The summed E-state index contributed by atoms with van der Waals surface area (Å²) >= 11 is 0. The first kappa shape index (κ1) is 19.9. The Kier molecular flexibility index (Phi) is 6.02. The third kappa shape index (κ3) is 3.31. The van der Waals surface area contributed by atoms with E-state index >= 15 is 0 Å². The van der Waals surface area contributed by atoms with Crippen LogP contribution in [0.5, 0.6) is 0 Å². The maximum absolute atomic E-state index is 14.2. The molecule has 0 spiro atoms. The largest absolute Gasteiger partial charge is 0.462 e. The van der Waals surface area contributed by atoms with E-state index in [9.17, 15) is 31.5 Å². The van der Waals surface area contributed by atoms with Crippen LogP contribution in [0.15, 0.2) is 12.1 Å². The highest BCUT2D eigenvalue weighted by molar-refractivity contribution is 7.60. The van der Waals surface area contributed by atoms with Crippen molar-refractivity contribution in [1.82, 2.24) is 0 Å². The van der Waals surface area contributed by atoms with Gasteiger partial charge in [0.2, 0.25) is 5.82 Å². The smallest absolute Gasteiger partial charge is 0.342 e. The van der Waals surface area contributed by atoms with Crippen LogP contribution in [-0.2, 0) is 9.47 Å². The first-order valence-electron chi connectivity index (χ1n) is 7.33. The van der Waals surface area contributed by atoms with Crippen molar-refractivity contribution in [3.8, 4) is 5.30 Å². The minimum Gasteiger partial charge on any atom is -0.462 e. The van der Waals surface area contributed by atoms with Crippen LogP contribution in [0.2, 0.25) is 0 Å². The topological polar surface area (TPSA) is 52.6 Å². The zero-order valence-electron chi connectivity index (χ0n) is 13.5. The van der Waals surface area contributed by atoms with Gasteiger partial charge in [-0.15, -0.1) is 0 Å². The van der Waals surface area contributed by atoms with Crippen molar-refractivity contribution in [2.45, 2.75) is 13.8 Å². The van der Waals surface area contributed by atoms with E-state index in [0.717, 1.165) is 12.1 Å². The molecule has 0 unspecified atom stereocenters. The summed E-state index contributed by atoms with van der Waals surface area (Å²) in [5.41, 5.74) is 0. The van der Waals surface area contributed by atoms with E-state index < -0.39 is 53.9 Å². The van der Waals surface area contributed by atoms with Crippen LogP contribution in [0, 0.1) is 29.1 Å². The Morgan fingerprint density at radius 2 is 1.12 bits per heavy atom. The average molecular weight is 394 g/mol. The molecule has 1 heterocycles. The Labute approximate surface area is 145 Å². The molecule has 0 saturated carbocycles. The second-order valence-electron chi connectivity index (χ2n) is 4.80. The monoisotopic (exact) mass is 394 g/mol. The van der Waals surface area contributed by atoms with Gasteiger partial charge >= 0.3 is 11.9 Å². The number of ether oxygens (including phenoxy) is 2. The summed E-state index contributed by atoms with van der Waals surface area (Å²) in [6.45, 7) is 2.75. The van der Waals surface area contributed by atoms with Crippen LogP contribution in [0.4, 0.5) is 22.0 Å². The second-order valence-corrected chi connectivity index (χ2v) is 6.88. The maximum atomic E-state index is 14.2. The van der Waals surface area contributed by atoms with Crippen molar-refractivity contribution in [1.29, 1.82) is 0 Å². The van der Waals surface area contributed by atoms with Crippen LogP contribution in [0.1, 0.15) is 34.0 Å². The van der Waals surface area contributed by atoms with Gasteiger partial charge in [-0.1, -0.05) is 7.53 Å². The van der Waals surface area contributed by atoms with E-state index in [2.05, 4.69) is 0 Å². The Bertz CT molecular complexity index is 814. The molecule has 0 saturated heterocycles. The van der Waals surface area contributed by atoms with Gasteiger partial charge in [0, 0.05) is 0 Å². The Hall–Kier alpha value is -2.41. The first-order chi connectivity index (χ1) is 12.3. The fraction of sp³-hybridized carbons (Fsp3) is 0.250. The molecule has 26 heavy (non-hydrogen) atoms. The van der Waals surface area contributed by atoms with E-state index in [1.807, 2.05) is 0 Å². The number of halogens is 5. The minimum absolute atomic E-state index is 0.0921. The van der Waals surface area contributed by atoms with Crippen molar-refractivity contribution in [3.63, 3.8) is 0 Å². The second kappa shape index (κ2) is 7.86. The van der Waals surface area contributed by atoms with E-state index in [0.29, 0.717) is 0 Å². The minimum atomic E-state index is -2.68. The Morgan fingerprint density at radius 3 is 1.46 bits per heavy atom. The zero-order chi connectivity index (χ0) is 19.6. The van der Waals surface area contributed by atoms with Gasteiger partial charge in [0.25, 0.3) is 0 Å². The van der Waals surface area contributed by atoms with Crippen LogP contribution >= 0.6 is 7.53 Å². The average Bonchev–Trinajstić information content (AvgIpc) is 3.04. The summed E-state index contributed by atoms with van der Waals surface area (Å²) in [5, 5.41) is -2.02. The van der Waals surface area contributed by atoms with E-state index in [4.69, 9.17) is 9.47 Å². The fourth-order valence-corrected chi connectivity index (χ4v) is 4.47. The molecular formula is C16H12F5O4P. The summed E-state index contributed by atoms with van der Waals surface area (Å²) in [6.07, 6.45) is 0. The first-order valence-corrected chi connectivity index (χ1v) is 8.68. The SMILES string of the molecule is CCOC(=O)c1ccc(C(=O)OCC)p1-c1c(F)c(F)c(F)c(F)c1F. The molecular weight excluding hydrogens is 382 g/mol. The third-order valence-corrected chi connectivity index (χ3v) is 5.73. The van der Waals surface area contributed by atoms with Gasteiger partial charge in [0.15, 0.2) is 23.3 Å². The number of rotatable bonds is 5. The molecule has 0 fully saturated rings. The standard InChI is InChI=1S/C16H12F5O4P/c1-3-24-15(22)7-5-6-8(16(23)25-4-2)26(7)14-12(20)10(18)9(17)11(19)13(14)21/h5-6H,3-4H2,1-2H3. The molecule has 1 aromatic carbocycles. The van der Waals surface area contributed by atoms with E-state index in [-0.39, 0.29) is 23.8 Å². The van der Waals surface area contributed by atoms with Gasteiger partial charge in [-0.2, -0.15) is 0 Å². The predicted molar refractivity (Wildman–Crippen MR) is 82.2 cm³/mol. The van der Waals surface area contributed by atoms with Crippen molar-refractivity contribution in [3.05, 3.63) is 51.8 Å². The molecule has 0 bridgehead atoms. The molecule has 0 aliphatic heterocycles. The summed E-state index contributed by atoms with van der Waals surface area (Å²) < 4.78 is 78.4. The zero-order valence-corrected chi connectivity index (χ0v) is 14.4. The molecule has 10 heteroatoms. The van der Waals surface area contributed by atoms with Crippen LogP contribution in [-0.4, -0.2) is 25.2 Å². The maximum Gasteiger partial charge on any atom is 0.342 e. The van der Waals surface area contributed by atoms with E-state index in [1.165, 1.54) is 13.8 Å². The van der Waals surface area contributed by atoms with Gasteiger partial charge in [0.1, 0.15) is 0 Å². The van der Waals surface area contributed by atoms with Crippen molar-refractivity contribution < 1.29 is 41.0 Å². The van der Waals surface area contributed by atoms with Gasteiger partial charge in [-0.05, 0) is 26.0 Å². The predicted octanol–water partition coefficient (Wildman–Crippen LogP) is 4.71. The molecule has 0 aliphatic carbocycles. The van der Waals surface area contributed by atoms with Gasteiger partial charge in [-0.25, -0.2) is 31.5 Å². The lowest BCUT2D eigenvalue weighted by Crippen LogP contribution is -2.07. The highest BCUT2D eigenvalue weighted by Crippen LogP contribution is 2.52. The van der Waals surface area contributed by atoms with Crippen molar-refractivity contribution in [2.24, 2.45) is 0 Å². The Morgan fingerprint density at radius 1 is 0.769 bits per heavy atom. The summed E-state index contributed by atoms with van der Waals surface area (Å²) in [5.74, 6) is -12.9. The number of hydrogen-bond donors (Lipinski definition) is 0. The number of carbonyl (C=O) groups excluding carboxylic acids is 2. The molecule has 0 aliphatic rings. The molecule has 0 atom stereocenters. The van der Waals surface area contributed by atoms with Crippen LogP contribution < -0.4 is 0 Å². The van der Waals surface area contributed by atoms with Gasteiger partial charge < -0.3 is 9.47 Å². The van der Waals surface area contributed by atoms with Crippen molar-refractivity contribution >= 4 is 19.5 Å². The normalized spacial score (nSPS) is 10.7. The van der Waals surface area contributed by atoms with Gasteiger partial charge in [-0.3, -0.25) is 0 Å². The lowest BCUT2D eigenvalue weighted by atomic mass is 10.3. The summed E-state index contributed by atoms with van der Waals surface area (Å²) in [6, 6.07) is 2.10. The number of benzene rings is 1.